The lowest BCUT2D eigenvalue weighted by atomic mass is 9.85. The highest BCUT2D eigenvalue weighted by Gasteiger charge is 2.24. The van der Waals surface area contributed by atoms with Gasteiger partial charge in [-0.2, -0.15) is 0 Å². The quantitative estimate of drug-likeness (QED) is 0.209. The molecular weight excluding hydrogens is 536 g/mol. The lowest BCUT2D eigenvalue weighted by molar-refractivity contribution is 0.487. The van der Waals surface area contributed by atoms with Gasteiger partial charge in [0.05, 0.1) is 0 Å². The van der Waals surface area contributed by atoms with E-state index in [0.717, 1.165) is 34.1 Å². The van der Waals surface area contributed by atoms with Gasteiger partial charge in [-0.3, -0.25) is 0 Å². The van der Waals surface area contributed by atoms with Gasteiger partial charge in [0.2, 0.25) is 0 Å². The number of hydrogen-bond acceptors (Lipinski definition) is 2. The minimum atomic E-state index is 0.907. The number of fused-ring (bicyclic) bond motifs is 5. The van der Waals surface area contributed by atoms with Crippen molar-refractivity contribution in [2.45, 2.75) is 0 Å². The lowest BCUT2D eigenvalue weighted by Crippen LogP contribution is -1.98. The molecule has 0 saturated heterocycles. The molecule has 2 heterocycles. The summed E-state index contributed by atoms with van der Waals surface area (Å²) in [4.78, 5) is 0. The van der Waals surface area contributed by atoms with Crippen molar-refractivity contribution in [2.75, 3.05) is 0 Å². The van der Waals surface area contributed by atoms with Gasteiger partial charge in [-0.1, -0.05) is 121 Å². The fourth-order valence-corrected chi connectivity index (χ4v) is 7.40. The Labute approximate surface area is 254 Å². The van der Waals surface area contributed by atoms with Gasteiger partial charge in [0.1, 0.15) is 23.0 Å². The van der Waals surface area contributed by atoms with Crippen molar-refractivity contribution in [2.24, 2.45) is 0 Å². The van der Waals surface area contributed by atoms with Gasteiger partial charge in [-0.15, -0.1) is 0 Å². The first kappa shape index (κ1) is 23.7. The molecule has 0 aliphatic carbocycles. The second-order valence-electron chi connectivity index (χ2n) is 11.6. The van der Waals surface area contributed by atoms with E-state index in [-0.39, 0.29) is 0 Å². The van der Waals surface area contributed by atoms with E-state index in [2.05, 4.69) is 121 Å². The first-order chi connectivity index (χ1) is 21.8. The third kappa shape index (κ3) is 3.20. The molecule has 0 bridgehead atoms. The minimum Gasteiger partial charge on any atom is -0.456 e. The summed E-state index contributed by atoms with van der Waals surface area (Å²) in [5, 5.41) is 7.19. The van der Waals surface area contributed by atoms with Crippen LogP contribution in [0.2, 0.25) is 0 Å². The van der Waals surface area contributed by atoms with Crippen LogP contribution in [0.3, 0.4) is 0 Å². The zero-order valence-corrected chi connectivity index (χ0v) is 23.7. The Hall–Kier alpha value is -5.86. The van der Waals surface area contributed by atoms with Crippen LogP contribution < -0.4 is 9.47 Å². The van der Waals surface area contributed by atoms with E-state index < -0.39 is 0 Å². The molecular formula is C42H24O2. The van der Waals surface area contributed by atoms with Crippen molar-refractivity contribution in [1.29, 1.82) is 0 Å². The highest BCUT2D eigenvalue weighted by Crippen LogP contribution is 2.51. The van der Waals surface area contributed by atoms with Gasteiger partial charge < -0.3 is 9.47 Å². The molecule has 2 heteroatoms. The maximum absolute atomic E-state index is 6.39. The molecule has 0 N–H and O–H groups in total. The predicted molar refractivity (Wildman–Crippen MR) is 181 cm³/mol. The second-order valence-corrected chi connectivity index (χ2v) is 11.6. The van der Waals surface area contributed by atoms with E-state index in [1.807, 2.05) is 24.3 Å². The zero-order valence-electron chi connectivity index (χ0n) is 23.7. The standard InChI is InChI=1S/C42H24O2/c1-2-10-26-25(9-1)27(29-21-22-36-32-12-4-6-17-38(32)43-39-18-8-15-34(29)42(36)39)19-20-28(26)30-23-24-40-41-33(30)13-7-14-35(41)31-11-3-5-16-37(31)44-40/h1-24H. The molecule has 0 unspecified atom stereocenters. The van der Waals surface area contributed by atoms with Crippen molar-refractivity contribution < 1.29 is 9.47 Å². The van der Waals surface area contributed by atoms with Crippen molar-refractivity contribution in [1.82, 2.24) is 0 Å². The Kier molecular flexibility index (Phi) is 4.75. The molecule has 8 aromatic rings. The van der Waals surface area contributed by atoms with E-state index >= 15 is 0 Å². The minimum absolute atomic E-state index is 0.907. The summed E-state index contributed by atoms with van der Waals surface area (Å²) < 4.78 is 12.8. The SMILES string of the molecule is c1ccc2c(c1)Oc1ccc(-c3ccc(-c4ccc5c6c(cccc46)Oc4ccccc4-5)c4ccccc34)c3cccc-2c13. The van der Waals surface area contributed by atoms with Crippen molar-refractivity contribution in [3.8, 4) is 67.5 Å². The number of para-hydroxylation sites is 2. The Balaban J connectivity index is 1.21. The molecule has 44 heavy (non-hydrogen) atoms. The normalized spacial score (nSPS) is 12.5. The number of rotatable bonds is 2. The van der Waals surface area contributed by atoms with Crippen LogP contribution in [0.25, 0.3) is 76.8 Å². The Morgan fingerprint density at radius 1 is 0.227 bits per heavy atom. The molecule has 0 atom stereocenters. The number of hydrogen-bond donors (Lipinski definition) is 0. The zero-order chi connectivity index (χ0) is 28.8. The summed E-state index contributed by atoms with van der Waals surface area (Å²) in [6.07, 6.45) is 0. The fraction of sp³-hybridized carbons (Fsp3) is 0. The van der Waals surface area contributed by atoms with Gasteiger partial charge in [-0.05, 0) is 79.2 Å². The molecule has 10 rings (SSSR count). The maximum Gasteiger partial charge on any atom is 0.135 e. The van der Waals surface area contributed by atoms with Gasteiger partial charge >= 0.3 is 0 Å². The summed E-state index contributed by atoms with van der Waals surface area (Å²) >= 11 is 0. The molecule has 0 spiro atoms. The molecule has 2 nitrogen and oxygen atoms in total. The number of benzene rings is 8. The molecule has 0 radical (unpaired) electrons. The van der Waals surface area contributed by atoms with Crippen LogP contribution in [0.4, 0.5) is 0 Å². The molecule has 0 saturated carbocycles. The van der Waals surface area contributed by atoms with Crippen LogP contribution in [-0.2, 0) is 0 Å². The van der Waals surface area contributed by atoms with E-state index in [4.69, 9.17) is 9.47 Å². The van der Waals surface area contributed by atoms with Gasteiger partial charge in [0, 0.05) is 21.9 Å². The maximum atomic E-state index is 6.39. The van der Waals surface area contributed by atoms with Gasteiger partial charge in [-0.25, -0.2) is 0 Å². The number of ether oxygens (including phenoxy) is 2. The Bertz CT molecular complexity index is 2380. The highest BCUT2D eigenvalue weighted by molar-refractivity contribution is 6.17. The van der Waals surface area contributed by atoms with Crippen LogP contribution in [0.5, 0.6) is 23.0 Å². The first-order valence-electron chi connectivity index (χ1n) is 15.0. The van der Waals surface area contributed by atoms with E-state index in [9.17, 15) is 0 Å². The summed E-state index contributed by atoms with van der Waals surface area (Å²) in [6.45, 7) is 0. The summed E-state index contributed by atoms with van der Waals surface area (Å²) in [5.74, 6) is 3.63. The third-order valence-corrected chi connectivity index (χ3v) is 9.30. The van der Waals surface area contributed by atoms with Crippen molar-refractivity contribution >= 4 is 32.3 Å². The van der Waals surface area contributed by atoms with Gasteiger partial charge in [0.25, 0.3) is 0 Å². The molecule has 0 aromatic heterocycles. The second kappa shape index (κ2) is 8.82. The van der Waals surface area contributed by atoms with Crippen molar-refractivity contribution in [3.05, 3.63) is 146 Å². The summed E-state index contributed by atoms with van der Waals surface area (Å²) in [5.41, 5.74) is 9.55. The van der Waals surface area contributed by atoms with Crippen LogP contribution >= 0.6 is 0 Å². The monoisotopic (exact) mass is 560 g/mol. The molecule has 2 aliphatic heterocycles. The van der Waals surface area contributed by atoms with Crippen molar-refractivity contribution in [3.63, 3.8) is 0 Å². The topological polar surface area (TPSA) is 18.5 Å². The molecule has 0 fully saturated rings. The molecule has 8 aromatic carbocycles. The predicted octanol–water partition coefficient (Wildman–Crippen LogP) is 12.0. The first-order valence-corrected chi connectivity index (χ1v) is 15.0. The summed E-state index contributed by atoms with van der Waals surface area (Å²) in [6, 6.07) is 51.8. The van der Waals surface area contributed by atoms with E-state index in [1.165, 1.54) is 65.7 Å². The van der Waals surface area contributed by atoms with Crippen LogP contribution in [0, 0.1) is 0 Å². The Morgan fingerprint density at radius 3 is 1.20 bits per heavy atom. The fourth-order valence-electron chi connectivity index (χ4n) is 7.40. The summed E-state index contributed by atoms with van der Waals surface area (Å²) in [7, 11) is 0. The smallest absolute Gasteiger partial charge is 0.135 e. The van der Waals surface area contributed by atoms with Crippen LogP contribution in [0.1, 0.15) is 0 Å². The molecule has 204 valence electrons. The van der Waals surface area contributed by atoms with Crippen LogP contribution in [-0.4, -0.2) is 0 Å². The molecule has 0 amide bonds. The largest absolute Gasteiger partial charge is 0.456 e. The third-order valence-electron chi connectivity index (χ3n) is 9.30. The molecule has 2 aliphatic rings. The highest BCUT2D eigenvalue weighted by atomic mass is 16.5. The van der Waals surface area contributed by atoms with E-state index in [1.54, 1.807) is 0 Å². The van der Waals surface area contributed by atoms with E-state index in [0.29, 0.717) is 0 Å². The Morgan fingerprint density at radius 2 is 0.591 bits per heavy atom. The average molecular weight is 561 g/mol. The average Bonchev–Trinajstić information content (AvgIpc) is 3.09. The van der Waals surface area contributed by atoms with Gasteiger partial charge in [0.15, 0.2) is 0 Å². The lowest BCUT2D eigenvalue weighted by Gasteiger charge is -2.23. The van der Waals surface area contributed by atoms with Crippen LogP contribution in [0.15, 0.2) is 146 Å².